The molecule has 1 heterocycles. The van der Waals surface area contributed by atoms with Crippen LogP contribution in [0.3, 0.4) is 0 Å². The molecule has 0 saturated heterocycles. The summed E-state index contributed by atoms with van der Waals surface area (Å²) >= 11 is 0. The number of hydrogen-bond donors (Lipinski definition) is 1. The lowest BCUT2D eigenvalue weighted by molar-refractivity contribution is 0.0713. The van der Waals surface area contributed by atoms with Gasteiger partial charge in [0.2, 0.25) is 0 Å². The van der Waals surface area contributed by atoms with E-state index in [9.17, 15) is 5.11 Å². The fourth-order valence-corrected chi connectivity index (χ4v) is 1.67. The first kappa shape index (κ1) is 14.2. The van der Waals surface area contributed by atoms with Gasteiger partial charge < -0.3 is 5.11 Å². The molecule has 1 rings (SSSR count). The minimum atomic E-state index is -0.199. The summed E-state index contributed by atoms with van der Waals surface area (Å²) in [6.07, 6.45) is 0.965. The summed E-state index contributed by atoms with van der Waals surface area (Å²) in [5, 5.41) is 13.9. The SMILES string of the molecule is CCc1cc(CN(C)C(C)(C)CO)n(CC)n1. The number of nitrogens with zero attached hydrogens (tertiary/aromatic N) is 3. The summed E-state index contributed by atoms with van der Waals surface area (Å²) in [7, 11) is 2.04. The molecule has 1 aromatic heterocycles. The van der Waals surface area contributed by atoms with Crippen LogP contribution in [0, 0.1) is 0 Å². The Balaban J connectivity index is 2.83. The molecule has 0 aliphatic rings. The average Bonchev–Trinajstić information content (AvgIpc) is 2.71. The van der Waals surface area contributed by atoms with E-state index < -0.39 is 0 Å². The number of aliphatic hydroxyl groups excluding tert-OH is 1. The highest BCUT2D eigenvalue weighted by molar-refractivity contribution is 5.10. The minimum absolute atomic E-state index is 0.157. The zero-order chi connectivity index (χ0) is 13.1. The molecule has 0 bridgehead atoms. The lowest BCUT2D eigenvalue weighted by atomic mass is 10.1. The van der Waals surface area contributed by atoms with Gasteiger partial charge in [-0.3, -0.25) is 9.58 Å². The summed E-state index contributed by atoms with van der Waals surface area (Å²) < 4.78 is 2.04. The fourth-order valence-electron chi connectivity index (χ4n) is 1.67. The van der Waals surface area contributed by atoms with E-state index in [4.69, 9.17) is 0 Å². The van der Waals surface area contributed by atoms with Crippen molar-refractivity contribution < 1.29 is 5.11 Å². The van der Waals surface area contributed by atoms with Crippen molar-refractivity contribution in [2.75, 3.05) is 13.7 Å². The summed E-state index contributed by atoms with van der Waals surface area (Å²) in [4.78, 5) is 2.16. The van der Waals surface area contributed by atoms with E-state index >= 15 is 0 Å². The molecule has 0 radical (unpaired) electrons. The Morgan fingerprint density at radius 1 is 1.41 bits per heavy atom. The van der Waals surface area contributed by atoms with Gasteiger partial charge >= 0.3 is 0 Å². The van der Waals surface area contributed by atoms with Gasteiger partial charge in [0, 0.05) is 18.6 Å². The van der Waals surface area contributed by atoms with Gasteiger partial charge in [0.05, 0.1) is 18.0 Å². The molecular formula is C13H25N3O. The standard InChI is InChI=1S/C13H25N3O/c1-6-11-8-12(16(7-2)14-11)9-15(5)13(3,4)10-17/h8,17H,6-7,9-10H2,1-5H3. The topological polar surface area (TPSA) is 41.3 Å². The van der Waals surface area contributed by atoms with Crippen LogP contribution >= 0.6 is 0 Å². The third-order valence-electron chi connectivity index (χ3n) is 3.40. The second kappa shape index (κ2) is 5.65. The zero-order valence-corrected chi connectivity index (χ0v) is 11.7. The molecule has 0 saturated carbocycles. The van der Waals surface area contributed by atoms with Crippen molar-refractivity contribution in [2.24, 2.45) is 0 Å². The molecule has 4 nitrogen and oxygen atoms in total. The van der Waals surface area contributed by atoms with Gasteiger partial charge in [-0.1, -0.05) is 6.92 Å². The molecular weight excluding hydrogens is 214 g/mol. The number of aliphatic hydroxyl groups is 1. The summed E-state index contributed by atoms with van der Waals surface area (Å²) in [6, 6.07) is 2.16. The molecule has 0 spiro atoms. The Hall–Kier alpha value is -0.870. The fraction of sp³-hybridized carbons (Fsp3) is 0.769. The van der Waals surface area contributed by atoms with E-state index in [0.29, 0.717) is 0 Å². The van der Waals surface area contributed by atoms with E-state index in [1.165, 1.54) is 5.69 Å². The van der Waals surface area contributed by atoms with E-state index in [1.54, 1.807) is 0 Å². The highest BCUT2D eigenvalue weighted by atomic mass is 16.3. The van der Waals surface area contributed by atoms with Crippen LogP contribution in [0.25, 0.3) is 0 Å². The third kappa shape index (κ3) is 3.30. The van der Waals surface area contributed by atoms with E-state index in [2.05, 4.69) is 29.9 Å². The quantitative estimate of drug-likeness (QED) is 0.821. The Labute approximate surface area is 104 Å². The van der Waals surface area contributed by atoms with Crippen molar-refractivity contribution in [3.8, 4) is 0 Å². The molecule has 98 valence electrons. The molecule has 4 heteroatoms. The van der Waals surface area contributed by atoms with Gasteiger partial charge in [-0.25, -0.2) is 0 Å². The molecule has 0 fully saturated rings. The highest BCUT2D eigenvalue weighted by Gasteiger charge is 2.23. The first-order valence-corrected chi connectivity index (χ1v) is 6.32. The van der Waals surface area contributed by atoms with Crippen LogP contribution in [-0.2, 0) is 19.5 Å². The number of rotatable bonds is 6. The monoisotopic (exact) mass is 239 g/mol. The summed E-state index contributed by atoms with van der Waals surface area (Å²) in [5.41, 5.74) is 2.15. The zero-order valence-electron chi connectivity index (χ0n) is 11.7. The normalized spacial score (nSPS) is 12.4. The molecule has 0 aliphatic heterocycles. The molecule has 0 aliphatic carbocycles. The number of aryl methyl sites for hydroxylation is 2. The maximum Gasteiger partial charge on any atom is 0.0625 e. The number of likely N-dealkylation sites (N-methyl/N-ethyl adjacent to an activating group) is 1. The van der Waals surface area contributed by atoms with Gasteiger partial charge in [0.15, 0.2) is 0 Å². The highest BCUT2D eigenvalue weighted by Crippen LogP contribution is 2.16. The molecule has 0 atom stereocenters. The van der Waals surface area contributed by atoms with Gasteiger partial charge in [-0.15, -0.1) is 0 Å². The number of aromatic nitrogens is 2. The molecule has 0 aromatic carbocycles. The molecule has 17 heavy (non-hydrogen) atoms. The lowest BCUT2D eigenvalue weighted by Gasteiger charge is -2.33. The maximum atomic E-state index is 9.36. The molecule has 0 unspecified atom stereocenters. The van der Waals surface area contributed by atoms with E-state index in [1.807, 2.05) is 25.6 Å². The van der Waals surface area contributed by atoms with Crippen molar-refractivity contribution >= 4 is 0 Å². The van der Waals surface area contributed by atoms with Crippen molar-refractivity contribution in [3.05, 3.63) is 17.5 Å². The first-order chi connectivity index (χ1) is 7.94. The van der Waals surface area contributed by atoms with E-state index in [0.717, 1.165) is 25.2 Å². The van der Waals surface area contributed by atoms with Crippen molar-refractivity contribution in [3.63, 3.8) is 0 Å². The molecule has 0 amide bonds. The predicted molar refractivity (Wildman–Crippen MR) is 69.9 cm³/mol. The smallest absolute Gasteiger partial charge is 0.0625 e. The van der Waals surface area contributed by atoms with Crippen LogP contribution in [0.1, 0.15) is 39.1 Å². The van der Waals surface area contributed by atoms with E-state index in [-0.39, 0.29) is 12.1 Å². The van der Waals surface area contributed by atoms with Crippen LogP contribution in [0.15, 0.2) is 6.07 Å². The van der Waals surface area contributed by atoms with Crippen LogP contribution in [0.4, 0.5) is 0 Å². The average molecular weight is 239 g/mol. The second-order valence-corrected chi connectivity index (χ2v) is 5.12. The van der Waals surface area contributed by atoms with Gasteiger partial charge in [-0.2, -0.15) is 5.10 Å². The van der Waals surface area contributed by atoms with Crippen LogP contribution in [0.2, 0.25) is 0 Å². The maximum absolute atomic E-state index is 9.36. The predicted octanol–water partition coefficient (Wildman–Crippen LogP) is 1.67. The van der Waals surface area contributed by atoms with Gasteiger partial charge in [-0.05, 0) is 40.3 Å². The largest absolute Gasteiger partial charge is 0.394 e. The van der Waals surface area contributed by atoms with Crippen molar-refractivity contribution in [1.29, 1.82) is 0 Å². The Kier molecular flexibility index (Phi) is 4.71. The van der Waals surface area contributed by atoms with Crippen molar-refractivity contribution in [1.82, 2.24) is 14.7 Å². The Morgan fingerprint density at radius 3 is 2.53 bits per heavy atom. The lowest BCUT2D eigenvalue weighted by Crippen LogP contribution is -2.44. The third-order valence-corrected chi connectivity index (χ3v) is 3.40. The minimum Gasteiger partial charge on any atom is -0.394 e. The molecule has 1 N–H and O–H groups in total. The molecule has 1 aromatic rings. The van der Waals surface area contributed by atoms with Crippen molar-refractivity contribution in [2.45, 2.75) is 52.7 Å². The Bertz CT molecular complexity index is 358. The Morgan fingerprint density at radius 2 is 2.06 bits per heavy atom. The van der Waals surface area contributed by atoms with Gasteiger partial charge in [0.1, 0.15) is 0 Å². The number of hydrogen-bond acceptors (Lipinski definition) is 3. The second-order valence-electron chi connectivity index (χ2n) is 5.12. The summed E-state index contributed by atoms with van der Waals surface area (Å²) in [5.74, 6) is 0. The van der Waals surface area contributed by atoms with Crippen LogP contribution < -0.4 is 0 Å². The summed E-state index contributed by atoms with van der Waals surface area (Å²) in [6.45, 7) is 10.2. The van der Waals surface area contributed by atoms with Crippen LogP contribution in [-0.4, -0.2) is 39.0 Å². The van der Waals surface area contributed by atoms with Crippen LogP contribution in [0.5, 0.6) is 0 Å². The first-order valence-electron chi connectivity index (χ1n) is 6.32. The van der Waals surface area contributed by atoms with Gasteiger partial charge in [0.25, 0.3) is 0 Å².